The number of rotatable bonds is 8. The van der Waals surface area contributed by atoms with Crippen LogP contribution in [-0.4, -0.2) is 30.8 Å². The zero-order chi connectivity index (χ0) is 18.4. The standard InChI is InChI=1S/C19H27N2O3P/c1-15(2)11-14-24-25(23,19(22)16-9-12-20-13-10-16)18-7-5-17(6-8-18)21(3)4/h5-10,12-13,15,19,22H,11,14H2,1-4H3. The highest BCUT2D eigenvalue weighted by molar-refractivity contribution is 7.67. The van der Waals surface area contributed by atoms with Gasteiger partial charge < -0.3 is 14.5 Å². The number of anilines is 1. The fraction of sp³-hybridized carbons (Fsp3) is 0.421. The minimum Gasteiger partial charge on any atom is -0.378 e. The van der Waals surface area contributed by atoms with E-state index in [1.807, 2.05) is 31.1 Å². The summed E-state index contributed by atoms with van der Waals surface area (Å²) in [6.45, 7) is 4.51. The van der Waals surface area contributed by atoms with Crippen LogP contribution < -0.4 is 10.2 Å². The van der Waals surface area contributed by atoms with Gasteiger partial charge in [-0.15, -0.1) is 0 Å². The molecule has 0 amide bonds. The van der Waals surface area contributed by atoms with Crippen molar-refractivity contribution in [2.24, 2.45) is 5.92 Å². The van der Waals surface area contributed by atoms with Gasteiger partial charge >= 0.3 is 0 Å². The second-order valence-corrected chi connectivity index (χ2v) is 9.14. The molecular weight excluding hydrogens is 335 g/mol. The molecule has 6 heteroatoms. The van der Waals surface area contributed by atoms with Crippen LogP contribution in [0.25, 0.3) is 0 Å². The van der Waals surface area contributed by atoms with Crippen molar-refractivity contribution in [2.75, 3.05) is 25.6 Å². The maximum Gasteiger partial charge on any atom is 0.264 e. The molecule has 0 spiro atoms. The largest absolute Gasteiger partial charge is 0.378 e. The minimum atomic E-state index is -3.48. The van der Waals surface area contributed by atoms with Crippen LogP contribution in [0.5, 0.6) is 0 Å². The third kappa shape index (κ3) is 4.91. The fourth-order valence-corrected chi connectivity index (χ4v) is 4.48. The average Bonchev–Trinajstić information content (AvgIpc) is 2.61. The second kappa shape index (κ2) is 8.61. The van der Waals surface area contributed by atoms with Crippen molar-refractivity contribution in [1.29, 1.82) is 0 Å². The molecule has 1 N–H and O–H groups in total. The van der Waals surface area contributed by atoms with E-state index in [-0.39, 0.29) is 0 Å². The number of aliphatic hydroxyl groups excluding tert-OH is 1. The Balaban J connectivity index is 2.35. The topological polar surface area (TPSA) is 62.7 Å². The molecule has 0 saturated heterocycles. The molecule has 0 aliphatic heterocycles. The molecule has 1 heterocycles. The Morgan fingerprint density at radius 2 is 1.72 bits per heavy atom. The first kappa shape index (κ1) is 19.6. The number of nitrogens with zero attached hydrogens (tertiary/aromatic N) is 2. The zero-order valence-corrected chi connectivity index (χ0v) is 16.2. The minimum absolute atomic E-state index is 0.340. The molecular formula is C19H27N2O3P. The molecule has 0 radical (unpaired) electrons. The van der Waals surface area contributed by atoms with Gasteiger partial charge in [0, 0.05) is 37.5 Å². The zero-order valence-electron chi connectivity index (χ0n) is 15.3. The van der Waals surface area contributed by atoms with Gasteiger partial charge in [0.2, 0.25) is 0 Å². The predicted molar refractivity (Wildman–Crippen MR) is 103 cm³/mol. The molecule has 0 aliphatic carbocycles. The Morgan fingerprint density at radius 1 is 1.12 bits per heavy atom. The molecule has 5 nitrogen and oxygen atoms in total. The van der Waals surface area contributed by atoms with E-state index in [1.165, 1.54) is 0 Å². The molecule has 136 valence electrons. The van der Waals surface area contributed by atoms with Crippen LogP contribution in [0.15, 0.2) is 48.8 Å². The van der Waals surface area contributed by atoms with Gasteiger partial charge in [0.15, 0.2) is 5.85 Å². The van der Waals surface area contributed by atoms with Crippen LogP contribution in [0.1, 0.15) is 31.7 Å². The molecule has 2 aromatic rings. The summed E-state index contributed by atoms with van der Waals surface area (Å²) in [6.07, 6.45) is 3.93. The Kier molecular flexibility index (Phi) is 6.77. The van der Waals surface area contributed by atoms with Crippen LogP contribution in [-0.2, 0) is 9.09 Å². The van der Waals surface area contributed by atoms with Gasteiger partial charge in [-0.2, -0.15) is 0 Å². The summed E-state index contributed by atoms with van der Waals surface area (Å²) >= 11 is 0. The van der Waals surface area contributed by atoms with Crippen molar-refractivity contribution in [3.8, 4) is 0 Å². The van der Waals surface area contributed by atoms with Gasteiger partial charge in [-0.25, -0.2) is 0 Å². The molecule has 0 bridgehead atoms. The number of aromatic nitrogens is 1. The van der Waals surface area contributed by atoms with Crippen molar-refractivity contribution >= 4 is 18.4 Å². The third-order valence-corrected chi connectivity index (χ3v) is 6.56. The van der Waals surface area contributed by atoms with E-state index in [2.05, 4.69) is 18.8 Å². The van der Waals surface area contributed by atoms with Gasteiger partial charge in [-0.1, -0.05) is 13.8 Å². The van der Waals surface area contributed by atoms with Crippen LogP contribution in [0.4, 0.5) is 5.69 Å². The Labute approximate surface area is 150 Å². The van der Waals surface area contributed by atoms with E-state index >= 15 is 0 Å². The third-order valence-electron chi connectivity index (χ3n) is 4.03. The monoisotopic (exact) mass is 362 g/mol. The molecule has 2 unspecified atom stereocenters. The first-order chi connectivity index (χ1) is 11.8. The first-order valence-corrected chi connectivity index (χ1v) is 10.1. The molecule has 1 aromatic carbocycles. The van der Waals surface area contributed by atoms with E-state index < -0.39 is 13.2 Å². The van der Waals surface area contributed by atoms with Gasteiger partial charge in [0.1, 0.15) is 0 Å². The van der Waals surface area contributed by atoms with E-state index in [0.717, 1.165) is 12.1 Å². The van der Waals surface area contributed by atoms with Crippen molar-refractivity contribution in [1.82, 2.24) is 4.98 Å². The van der Waals surface area contributed by atoms with Crippen molar-refractivity contribution in [2.45, 2.75) is 26.1 Å². The quantitative estimate of drug-likeness (QED) is 0.724. The predicted octanol–water partition coefficient (Wildman–Crippen LogP) is 3.80. The van der Waals surface area contributed by atoms with Crippen molar-refractivity contribution in [3.63, 3.8) is 0 Å². The lowest BCUT2D eigenvalue weighted by Gasteiger charge is -2.25. The molecule has 1 aromatic heterocycles. The lowest BCUT2D eigenvalue weighted by atomic mass is 10.2. The lowest BCUT2D eigenvalue weighted by molar-refractivity contribution is 0.209. The summed E-state index contributed by atoms with van der Waals surface area (Å²) in [7, 11) is 0.406. The summed E-state index contributed by atoms with van der Waals surface area (Å²) in [5.74, 6) is -0.782. The number of hydrogen-bond acceptors (Lipinski definition) is 5. The number of aliphatic hydroxyl groups is 1. The lowest BCUT2D eigenvalue weighted by Crippen LogP contribution is -2.16. The smallest absolute Gasteiger partial charge is 0.264 e. The molecule has 2 atom stereocenters. The summed E-state index contributed by atoms with van der Waals surface area (Å²) < 4.78 is 19.5. The second-order valence-electron chi connectivity index (χ2n) is 6.68. The summed E-state index contributed by atoms with van der Waals surface area (Å²) in [5, 5.41) is 11.3. The average molecular weight is 362 g/mol. The number of benzene rings is 1. The Morgan fingerprint density at radius 3 is 2.24 bits per heavy atom. The van der Waals surface area contributed by atoms with Gasteiger partial charge in [-0.3, -0.25) is 9.55 Å². The highest BCUT2D eigenvalue weighted by Gasteiger charge is 2.36. The Hall–Kier alpha value is -1.68. The molecule has 0 aliphatic rings. The molecule has 2 rings (SSSR count). The van der Waals surface area contributed by atoms with E-state index in [0.29, 0.717) is 23.4 Å². The molecule has 0 saturated carbocycles. The number of pyridine rings is 1. The highest BCUT2D eigenvalue weighted by Crippen LogP contribution is 2.57. The summed E-state index contributed by atoms with van der Waals surface area (Å²) in [6, 6.07) is 10.6. The molecule has 0 fully saturated rings. The number of hydrogen-bond donors (Lipinski definition) is 1. The van der Waals surface area contributed by atoms with Crippen LogP contribution in [0, 0.1) is 5.92 Å². The van der Waals surface area contributed by atoms with Crippen molar-refractivity contribution in [3.05, 3.63) is 54.4 Å². The van der Waals surface area contributed by atoms with Crippen LogP contribution in [0.2, 0.25) is 0 Å². The normalized spacial score (nSPS) is 15.0. The maximum atomic E-state index is 13.7. The summed E-state index contributed by atoms with van der Waals surface area (Å²) in [4.78, 5) is 5.92. The fourth-order valence-electron chi connectivity index (χ4n) is 2.40. The SMILES string of the molecule is CC(C)CCOP(=O)(c1ccc(N(C)C)cc1)C(O)c1ccncc1. The van der Waals surface area contributed by atoms with E-state index in [1.54, 1.807) is 36.7 Å². The van der Waals surface area contributed by atoms with Crippen LogP contribution in [0.3, 0.4) is 0 Å². The van der Waals surface area contributed by atoms with E-state index in [9.17, 15) is 9.67 Å². The Bertz CT molecular complexity index is 702. The molecule has 25 heavy (non-hydrogen) atoms. The maximum absolute atomic E-state index is 13.7. The summed E-state index contributed by atoms with van der Waals surface area (Å²) in [5.41, 5.74) is 1.54. The van der Waals surface area contributed by atoms with Gasteiger partial charge in [-0.05, 0) is 54.3 Å². The van der Waals surface area contributed by atoms with Gasteiger partial charge in [0.05, 0.1) is 6.61 Å². The van der Waals surface area contributed by atoms with Crippen molar-refractivity contribution < 1.29 is 14.2 Å². The van der Waals surface area contributed by atoms with Crippen LogP contribution >= 0.6 is 7.37 Å². The first-order valence-electron chi connectivity index (χ1n) is 8.45. The highest BCUT2D eigenvalue weighted by atomic mass is 31.2. The van der Waals surface area contributed by atoms with E-state index in [4.69, 9.17) is 4.52 Å². The van der Waals surface area contributed by atoms with Gasteiger partial charge in [0.25, 0.3) is 7.37 Å².